The summed E-state index contributed by atoms with van der Waals surface area (Å²) in [6.45, 7) is 7.82. The van der Waals surface area contributed by atoms with Crippen molar-refractivity contribution in [2.24, 2.45) is 0 Å². The van der Waals surface area contributed by atoms with Gasteiger partial charge in [-0.25, -0.2) is 0 Å². The van der Waals surface area contributed by atoms with Crippen molar-refractivity contribution >= 4 is 5.91 Å². The summed E-state index contributed by atoms with van der Waals surface area (Å²) in [5.41, 5.74) is 0.825. The normalized spacial score (nSPS) is 19.1. The molecule has 2 rings (SSSR count). The first kappa shape index (κ1) is 13.1. The lowest BCUT2D eigenvalue weighted by atomic mass is 10.2. The Hall–Kier alpha value is -1.29. The van der Waals surface area contributed by atoms with E-state index >= 15 is 0 Å². The fourth-order valence-electron chi connectivity index (χ4n) is 2.66. The number of hydrogen-bond donors (Lipinski definition) is 1. The van der Waals surface area contributed by atoms with E-state index in [4.69, 9.17) is 0 Å². The van der Waals surface area contributed by atoms with Crippen molar-refractivity contribution in [2.75, 3.05) is 19.6 Å². The third-order valence-electron chi connectivity index (χ3n) is 3.59. The zero-order valence-corrected chi connectivity index (χ0v) is 11.4. The third kappa shape index (κ3) is 2.58. The van der Waals surface area contributed by atoms with E-state index in [0.717, 1.165) is 44.7 Å². The van der Waals surface area contributed by atoms with Gasteiger partial charge < -0.3 is 14.8 Å². The zero-order valence-electron chi connectivity index (χ0n) is 11.4. The Kier molecular flexibility index (Phi) is 4.42. The predicted molar refractivity (Wildman–Crippen MR) is 72.7 cm³/mol. The molecule has 0 radical (unpaired) electrons. The molecule has 0 bridgehead atoms. The molecule has 1 saturated heterocycles. The molecule has 4 heteroatoms. The maximum Gasteiger partial charge on any atom is 0.270 e. The number of likely N-dealkylation sites (N-methyl/N-ethyl adjacent to an activating group) is 1. The van der Waals surface area contributed by atoms with Crippen molar-refractivity contribution in [1.82, 2.24) is 14.8 Å². The van der Waals surface area contributed by atoms with Crippen LogP contribution in [0.2, 0.25) is 0 Å². The summed E-state index contributed by atoms with van der Waals surface area (Å²) in [7, 11) is 0. The highest BCUT2D eigenvalue weighted by atomic mass is 16.2. The lowest BCUT2D eigenvalue weighted by Crippen LogP contribution is -2.42. The fourth-order valence-corrected chi connectivity index (χ4v) is 2.66. The van der Waals surface area contributed by atoms with Crippen molar-refractivity contribution in [1.29, 1.82) is 0 Å². The van der Waals surface area contributed by atoms with E-state index in [2.05, 4.69) is 23.7 Å². The van der Waals surface area contributed by atoms with Gasteiger partial charge in [-0.2, -0.15) is 0 Å². The molecular weight excluding hydrogens is 226 g/mol. The fraction of sp³-hybridized carbons (Fsp3) is 0.643. The molecule has 18 heavy (non-hydrogen) atoms. The van der Waals surface area contributed by atoms with Crippen LogP contribution < -0.4 is 5.32 Å². The quantitative estimate of drug-likeness (QED) is 0.863. The number of nitrogens with zero attached hydrogens (tertiary/aromatic N) is 2. The number of carbonyl (C=O) groups is 1. The summed E-state index contributed by atoms with van der Waals surface area (Å²) in [6.07, 6.45) is 4.11. The van der Waals surface area contributed by atoms with Crippen LogP contribution >= 0.6 is 0 Å². The average molecular weight is 249 g/mol. The van der Waals surface area contributed by atoms with E-state index in [0.29, 0.717) is 6.04 Å². The maximum atomic E-state index is 12.6. The Balaban J connectivity index is 2.14. The molecule has 100 valence electrons. The van der Waals surface area contributed by atoms with Crippen LogP contribution in [0.15, 0.2) is 18.3 Å². The van der Waals surface area contributed by atoms with Gasteiger partial charge in [0.15, 0.2) is 0 Å². The number of hydrogen-bond acceptors (Lipinski definition) is 2. The smallest absolute Gasteiger partial charge is 0.270 e. The van der Waals surface area contributed by atoms with Gasteiger partial charge in [0.1, 0.15) is 5.69 Å². The summed E-state index contributed by atoms with van der Waals surface area (Å²) >= 11 is 0. The standard InChI is InChI=1S/C14H23N3O/c1-3-9-16-10-5-6-13(16)14(18)17(4-2)12-7-8-15-11-12/h5-6,10,12,15H,3-4,7-9,11H2,1-2H3. The third-order valence-corrected chi connectivity index (χ3v) is 3.59. The molecule has 2 heterocycles. The number of carbonyl (C=O) groups excluding carboxylic acids is 1. The molecule has 1 aliphatic heterocycles. The van der Waals surface area contributed by atoms with Crippen molar-refractivity contribution in [3.8, 4) is 0 Å². The van der Waals surface area contributed by atoms with Crippen LogP contribution in [0.3, 0.4) is 0 Å². The molecule has 1 N–H and O–H groups in total. The second kappa shape index (κ2) is 6.05. The van der Waals surface area contributed by atoms with Gasteiger partial charge in [-0.1, -0.05) is 6.92 Å². The highest BCUT2D eigenvalue weighted by Crippen LogP contribution is 2.14. The lowest BCUT2D eigenvalue weighted by Gasteiger charge is -2.27. The summed E-state index contributed by atoms with van der Waals surface area (Å²) in [5, 5.41) is 3.33. The van der Waals surface area contributed by atoms with E-state index < -0.39 is 0 Å². The average Bonchev–Trinajstić information content (AvgIpc) is 3.01. The maximum absolute atomic E-state index is 12.6. The van der Waals surface area contributed by atoms with Crippen molar-refractivity contribution in [3.05, 3.63) is 24.0 Å². The first-order valence-corrected chi connectivity index (χ1v) is 6.94. The van der Waals surface area contributed by atoms with Gasteiger partial charge in [0, 0.05) is 31.9 Å². The Bertz CT molecular complexity index is 393. The van der Waals surface area contributed by atoms with Gasteiger partial charge in [0.25, 0.3) is 5.91 Å². The molecule has 1 aromatic rings. The lowest BCUT2D eigenvalue weighted by molar-refractivity contribution is 0.0692. The molecule has 1 fully saturated rings. The van der Waals surface area contributed by atoms with Gasteiger partial charge in [0.05, 0.1) is 0 Å². The summed E-state index contributed by atoms with van der Waals surface area (Å²) in [4.78, 5) is 14.6. The Morgan fingerprint density at radius 2 is 2.39 bits per heavy atom. The summed E-state index contributed by atoms with van der Waals surface area (Å²) < 4.78 is 2.06. The van der Waals surface area contributed by atoms with Crippen molar-refractivity contribution in [2.45, 2.75) is 39.3 Å². The molecule has 1 aliphatic rings. The Labute approximate surface area is 109 Å². The Morgan fingerprint density at radius 1 is 1.56 bits per heavy atom. The molecule has 0 spiro atoms. The molecule has 1 unspecified atom stereocenters. The van der Waals surface area contributed by atoms with Crippen LogP contribution in [0.4, 0.5) is 0 Å². The van der Waals surface area contributed by atoms with Gasteiger partial charge in [-0.05, 0) is 38.4 Å². The highest BCUT2D eigenvalue weighted by Gasteiger charge is 2.27. The molecule has 0 aliphatic carbocycles. The van der Waals surface area contributed by atoms with E-state index in [1.807, 2.05) is 23.2 Å². The van der Waals surface area contributed by atoms with Crippen LogP contribution in [-0.2, 0) is 6.54 Å². The predicted octanol–water partition coefficient (Wildman–Crippen LogP) is 1.72. The SMILES string of the molecule is CCCn1cccc1C(=O)N(CC)C1CCNC1. The van der Waals surface area contributed by atoms with Crippen LogP contribution in [0.1, 0.15) is 37.2 Å². The van der Waals surface area contributed by atoms with E-state index in [-0.39, 0.29) is 5.91 Å². The van der Waals surface area contributed by atoms with E-state index in [9.17, 15) is 4.79 Å². The molecule has 4 nitrogen and oxygen atoms in total. The first-order valence-electron chi connectivity index (χ1n) is 6.94. The van der Waals surface area contributed by atoms with Crippen LogP contribution in [-0.4, -0.2) is 41.1 Å². The topological polar surface area (TPSA) is 37.3 Å². The number of amides is 1. The second-order valence-corrected chi connectivity index (χ2v) is 4.82. The molecular formula is C14H23N3O. The first-order chi connectivity index (χ1) is 8.77. The second-order valence-electron chi connectivity index (χ2n) is 4.82. The van der Waals surface area contributed by atoms with Crippen LogP contribution in [0.5, 0.6) is 0 Å². The minimum absolute atomic E-state index is 0.171. The van der Waals surface area contributed by atoms with Crippen molar-refractivity contribution < 1.29 is 4.79 Å². The molecule has 1 atom stereocenters. The van der Waals surface area contributed by atoms with E-state index in [1.165, 1.54) is 0 Å². The number of aromatic nitrogens is 1. The minimum atomic E-state index is 0.171. The number of aryl methyl sites for hydroxylation is 1. The molecule has 1 amide bonds. The zero-order chi connectivity index (χ0) is 13.0. The summed E-state index contributed by atoms with van der Waals surface area (Å²) in [5.74, 6) is 0.171. The highest BCUT2D eigenvalue weighted by molar-refractivity contribution is 5.93. The van der Waals surface area contributed by atoms with Crippen molar-refractivity contribution in [3.63, 3.8) is 0 Å². The van der Waals surface area contributed by atoms with E-state index in [1.54, 1.807) is 0 Å². The van der Waals surface area contributed by atoms with Gasteiger partial charge in [-0.15, -0.1) is 0 Å². The largest absolute Gasteiger partial charge is 0.344 e. The summed E-state index contributed by atoms with van der Waals surface area (Å²) in [6, 6.07) is 4.25. The van der Waals surface area contributed by atoms with Crippen LogP contribution in [0.25, 0.3) is 0 Å². The number of rotatable bonds is 5. The monoisotopic (exact) mass is 249 g/mol. The van der Waals surface area contributed by atoms with Crippen LogP contribution in [0, 0.1) is 0 Å². The molecule has 1 aromatic heterocycles. The van der Waals surface area contributed by atoms with Gasteiger partial charge in [0.2, 0.25) is 0 Å². The van der Waals surface area contributed by atoms with Gasteiger partial charge in [-0.3, -0.25) is 4.79 Å². The van der Waals surface area contributed by atoms with Gasteiger partial charge >= 0.3 is 0 Å². The number of nitrogens with one attached hydrogen (secondary N) is 1. The minimum Gasteiger partial charge on any atom is -0.344 e. The Morgan fingerprint density at radius 3 is 3.00 bits per heavy atom. The molecule has 0 saturated carbocycles. The molecule has 0 aromatic carbocycles.